The molecular formula is C24H22N2O5S. The quantitative estimate of drug-likeness (QED) is 0.471. The second-order valence-electron chi connectivity index (χ2n) is 7.69. The lowest BCUT2D eigenvalue weighted by Crippen LogP contribution is -2.34. The highest BCUT2D eigenvalue weighted by Gasteiger charge is 2.33. The molecule has 4 rings (SSSR count). The van der Waals surface area contributed by atoms with Crippen molar-refractivity contribution in [3.63, 3.8) is 0 Å². The fourth-order valence-corrected chi connectivity index (χ4v) is 5.06. The number of hydrogen-bond acceptors (Lipinski definition) is 5. The number of esters is 1. The first-order valence-corrected chi connectivity index (χ1v) is 11.9. The topological polar surface area (TPSA) is 92.8 Å². The molecule has 3 aromatic rings. The molecule has 0 saturated heterocycles. The number of nitrogens with one attached hydrogen (secondary N) is 1. The van der Waals surface area contributed by atoms with Crippen LogP contribution in [0, 0.1) is 0 Å². The van der Waals surface area contributed by atoms with Gasteiger partial charge in [0, 0.05) is 17.3 Å². The molecule has 0 radical (unpaired) electrons. The summed E-state index contributed by atoms with van der Waals surface area (Å²) in [6.45, 7) is 1.83. The minimum Gasteiger partial charge on any atom is -0.423 e. The number of ether oxygens (including phenoxy) is 1. The lowest BCUT2D eigenvalue weighted by atomic mass is 10.1. The fraction of sp³-hybridized carbons (Fsp3) is 0.167. The third kappa shape index (κ3) is 4.50. The van der Waals surface area contributed by atoms with Crippen LogP contribution in [0.5, 0.6) is 5.75 Å². The third-order valence-electron chi connectivity index (χ3n) is 5.18. The fourth-order valence-electron chi connectivity index (χ4n) is 3.80. The van der Waals surface area contributed by atoms with E-state index in [1.807, 2.05) is 13.0 Å². The van der Waals surface area contributed by atoms with Crippen molar-refractivity contribution in [2.45, 2.75) is 19.4 Å². The monoisotopic (exact) mass is 450 g/mol. The molecule has 1 heterocycles. The summed E-state index contributed by atoms with van der Waals surface area (Å²) in [5.41, 5.74) is 2.84. The molecule has 1 aliphatic rings. The normalized spacial score (nSPS) is 15.2. The van der Waals surface area contributed by atoms with Gasteiger partial charge in [0.15, 0.2) is 0 Å². The number of carbonyl (C=O) groups is 2. The zero-order chi connectivity index (χ0) is 22.9. The second-order valence-corrected chi connectivity index (χ2v) is 9.55. The summed E-state index contributed by atoms with van der Waals surface area (Å²) in [6, 6.07) is 20.0. The van der Waals surface area contributed by atoms with Gasteiger partial charge in [-0.05, 0) is 73.5 Å². The van der Waals surface area contributed by atoms with Gasteiger partial charge < -0.3 is 10.1 Å². The van der Waals surface area contributed by atoms with Crippen LogP contribution in [0.4, 0.5) is 11.4 Å². The summed E-state index contributed by atoms with van der Waals surface area (Å²) in [5, 5.41) is 2.79. The third-order valence-corrected chi connectivity index (χ3v) is 6.46. The number of hydrogen-bond donors (Lipinski definition) is 1. The van der Waals surface area contributed by atoms with Gasteiger partial charge in [0.05, 0.1) is 17.5 Å². The molecule has 32 heavy (non-hydrogen) atoms. The van der Waals surface area contributed by atoms with E-state index in [1.54, 1.807) is 66.7 Å². The summed E-state index contributed by atoms with van der Waals surface area (Å²) in [6.07, 6.45) is 1.70. The Bertz CT molecular complexity index is 1270. The number of nitrogens with zero attached hydrogens (tertiary/aromatic N) is 1. The Kier molecular flexibility index (Phi) is 5.71. The van der Waals surface area contributed by atoms with Gasteiger partial charge in [-0.25, -0.2) is 13.2 Å². The van der Waals surface area contributed by atoms with E-state index in [0.29, 0.717) is 34.7 Å². The van der Waals surface area contributed by atoms with Gasteiger partial charge in [0.2, 0.25) is 10.0 Å². The van der Waals surface area contributed by atoms with Crippen molar-refractivity contribution in [1.29, 1.82) is 0 Å². The maximum Gasteiger partial charge on any atom is 0.343 e. The summed E-state index contributed by atoms with van der Waals surface area (Å²) in [7, 11) is -3.39. The highest BCUT2D eigenvalue weighted by Crippen LogP contribution is 2.35. The largest absolute Gasteiger partial charge is 0.423 e. The van der Waals surface area contributed by atoms with Crippen LogP contribution in [-0.4, -0.2) is 32.6 Å². The van der Waals surface area contributed by atoms with E-state index in [0.717, 1.165) is 5.56 Å². The Hall–Kier alpha value is -3.65. The highest BCUT2D eigenvalue weighted by molar-refractivity contribution is 7.92. The van der Waals surface area contributed by atoms with Gasteiger partial charge in [-0.2, -0.15) is 0 Å². The molecule has 7 nitrogen and oxygen atoms in total. The maximum atomic E-state index is 12.6. The molecule has 1 unspecified atom stereocenters. The minimum atomic E-state index is -3.39. The maximum absolute atomic E-state index is 12.6. The van der Waals surface area contributed by atoms with E-state index in [4.69, 9.17) is 4.74 Å². The van der Waals surface area contributed by atoms with Crippen LogP contribution in [-0.2, 0) is 16.4 Å². The van der Waals surface area contributed by atoms with Crippen molar-refractivity contribution in [2.75, 3.05) is 15.9 Å². The number of fused-ring (bicyclic) bond motifs is 1. The van der Waals surface area contributed by atoms with Gasteiger partial charge in [-0.15, -0.1) is 0 Å². The number of amides is 1. The molecule has 1 N–H and O–H groups in total. The van der Waals surface area contributed by atoms with Gasteiger partial charge in [-0.3, -0.25) is 9.10 Å². The average Bonchev–Trinajstić information content (AvgIpc) is 3.11. The molecule has 3 aromatic carbocycles. The number of carbonyl (C=O) groups excluding carboxylic acids is 2. The smallest absolute Gasteiger partial charge is 0.343 e. The second kappa shape index (κ2) is 8.47. The molecule has 164 valence electrons. The zero-order valence-corrected chi connectivity index (χ0v) is 18.4. The van der Waals surface area contributed by atoms with Crippen molar-refractivity contribution < 1.29 is 22.7 Å². The van der Waals surface area contributed by atoms with Gasteiger partial charge >= 0.3 is 5.97 Å². The first-order chi connectivity index (χ1) is 15.2. The molecule has 1 aliphatic heterocycles. The Morgan fingerprint density at radius 1 is 0.969 bits per heavy atom. The number of anilines is 2. The predicted molar refractivity (Wildman–Crippen MR) is 123 cm³/mol. The summed E-state index contributed by atoms with van der Waals surface area (Å²) < 4.78 is 30.9. The van der Waals surface area contributed by atoms with Crippen molar-refractivity contribution in [3.05, 3.63) is 89.5 Å². The standard InChI is InChI=1S/C24H22N2O5S/c1-16-14-19-15-18(8-13-22(19)26(16)32(2,29)30)24(28)31-21-11-9-20(10-12-21)25-23(27)17-6-4-3-5-7-17/h3-13,15-16H,14H2,1-2H3,(H,25,27). The SMILES string of the molecule is CC1Cc2cc(C(=O)Oc3ccc(NC(=O)c4ccccc4)cc3)ccc2N1S(C)(=O)=O. The van der Waals surface area contributed by atoms with Crippen LogP contribution in [0.15, 0.2) is 72.8 Å². The van der Waals surface area contributed by atoms with Crippen LogP contribution in [0.2, 0.25) is 0 Å². The van der Waals surface area contributed by atoms with Crippen LogP contribution < -0.4 is 14.4 Å². The van der Waals surface area contributed by atoms with E-state index in [-0.39, 0.29) is 11.9 Å². The average molecular weight is 451 g/mol. The highest BCUT2D eigenvalue weighted by atomic mass is 32.2. The van der Waals surface area contributed by atoms with E-state index in [2.05, 4.69) is 5.32 Å². The summed E-state index contributed by atoms with van der Waals surface area (Å²) in [5.74, 6) is -0.440. The van der Waals surface area contributed by atoms with Crippen molar-refractivity contribution >= 4 is 33.3 Å². The van der Waals surface area contributed by atoms with E-state index >= 15 is 0 Å². The van der Waals surface area contributed by atoms with Crippen LogP contribution >= 0.6 is 0 Å². The molecule has 8 heteroatoms. The molecule has 1 atom stereocenters. The van der Waals surface area contributed by atoms with E-state index < -0.39 is 16.0 Å². The first-order valence-electron chi connectivity index (χ1n) is 10.0. The molecular weight excluding hydrogens is 428 g/mol. The number of benzene rings is 3. The van der Waals surface area contributed by atoms with Crippen molar-refractivity contribution in [3.8, 4) is 5.75 Å². The van der Waals surface area contributed by atoms with Crippen molar-refractivity contribution in [2.24, 2.45) is 0 Å². The summed E-state index contributed by atoms with van der Waals surface area (Å²) >= 11 is 0. The van der Waals surface area contributed by atoms with Crippen LogP contribution in [0.25, 0.3) is 0 Å². The molecule has 0 aromatic heterocycles. The summed E-state index contributed by atoms with van der Waals surface area (Å²) in [4.78, 5) is 24.8. The Labute approximate surface area is 186 Å². The minimum absolute atomic E-state index is 0.204. The Morgan fingerprint density at radius 3 is 2.31 bits per heavy atom. The lowest BCUT2D eigenvalue weighted by molar-refractivity contribution is 0.0734. The lowest BCUT2D eigenvalue weighted by Gasteiger charge is -2.21. The predicted octanol–water partition coefficient (Wildman–Crippen LogP) is 3.87. The van der Waals surface area contributed by atoms with Crippen molar-refractivity contribution in [1.82, 2.24) is 0 Å². The molecule has 1 amide bonds. The Balaban J connectivity index is 1.44. The van der Waals surface area contributed by atoms with Gasteiger partial charge in [-0.1, -0.05) is 18.2 Å². The molecule has 0 fully saturated rings. The molecule has 0 aliphatic carbocycles. The molecule has 0 saturated carbocycles. The first kappa shape index (κ1) is 21.6. The zero-order valence-electron chi connectivity index (χ0n) is 17.6. The van der Waals surface area contributed by atoms with Gasteiger partial charge in [0.25, 0.3) is 5.91 Å². The van der Waals surface area contributed by atoms with Crippen LogP contribution in [0.3, 0.4) is 0 Å². The number of sulfonamides is 1. The number of rotatable bonds is 5. The molecule has 0 spiro atoms. The van der Waals surface area contributed by atoms with Gasteiger partial charge in [0.1, 0.15) is 5.75 Å². The van der Waals surface area contributed by atoms with Crippen LogP contribution in [0.1, 0.15) is 33.2 Å². The van der Waals surface area contributed by atoms with E-state index in [1.165, 1.54) is 10.6 Å². The van der Waals surface area contributed by atoms with E-state index in [9.17, 15) is 18.0 Å². The molecule has 0 bridgehead atoms. The Morgan fingerprint density at radius 2 is 1.66 bits per heavy atom.